The zero-order valence-electron chi connectivity index (χ0n) is 8.15. The van der Waals surface area contributed by atoms with Crippen molar-refractivity contribution < 1.29 is 24.2 Å². The number of rotatable bonds is 5. The number of hydrogen-bond donors (Lipinski definition) is 1. The van der Waals surface area contributed by atoms with Gasteiger partial charge in [-0.2, -0.15) is 0 Å². The van der Waals surface area contributed by atoms with Crippen LogP contribution in [-0.2, 0) is 19.1 Å². The van der Waals surface area contributed by atoms with E-state index in [1.807, 2.05) is 0 Å². The van der Waals surface area contributed by atoms with Crippen molar-refractivity contribution in [1.82, 2.24) is 4.90 Å². The minimum Gasteiger partial charge on any atom is -0.481 e. The molecule has 0 aromatic heterocycles. The van der Waals surface area contributed by atoms with Crippen LogP contribution in [0, 0.1) is 0 Å². The van der Waals surface area contributed by atoms with Crippen molar-refractivity contribution >= 4 is 17.8 Å². The fourth-order valence-corrected chi connectivity index (χ4v) is 0.753. The number of esters is 1. The van der Waals surface area contributed by atoms with Crippen molar-refractivity contribution in [2.24, 2.45) is 0 Å². The van der Waals surface area contributed by atoms with Crippen molar-refractivity contribution in [2.45, 2.75) is 13.3 Å². The number of carboxylic acids is 1. The second-order valence-corrected chi connectivity index (χ2v) is 2.63. The van der Waals surface area contributed by atoms with Gasteiger partial charge in [-0.1, -0.05) is 0 Å². The molecule has 0 radical (unpaired) electrons. The number of hydrogen-bond acceptors (Lipinski definition) is 4. The Kier molecular flexibility index (Phi) is 5.28. The maximum atomic E-state index is 11.0. The molecule has 0 bridgehead atoms. The van der Waals surface area contributed by atoms with E-state index in [0.29, 0.717) is 0 Å². The molecule has 6 nitrogen and oxygen atoms in total. The highest BCUT2D eigenvalue weighted by atomic mass is 16.5. The number of carbonyl (C=O) groups excluding carboxylic acids is 2. The van der Waals surface area contributed by atoms with Gasteiger partial charge in [-0.25, -0.2) is 0 Å². The molecule has 0 saturated heterocycles. The molecular formula is C8H13NO5. The predicted octanol–water partition coefficient (Wildman–Crippen LogP) is -0.517. The van der Waals surface area contributed by atoms with Crippen LogP contribution in [0.25, 0.3) is 0 Å². The lowest BCUT2D eigenvalue weighted by molar-refractivity contribution is -0.151. The first kappa shape index (κ1) is 12.4. The summed E-state index contributed by atoms with van der Waals surface area (Å²) in [6, 6.07) is 0. The van der Waals surface area contributed by atoms with Crippen molar-refractivity contribution in [3.63, 3.8) is 0 Å². The molecule has 0 aromatic rings. The van der Waals surface area contributed by atoms with Gasteiger partial charge in [0.2, 0.25) is 5.91 Å². The van der Waals surface area contributed by atoms with Crippen LogP contribution in [0.5, 0.6) is 0 Å². The molecular weight excluding hydrogens is 190 g/mol. The van der Waals surface area contributed by atoms with Gasteiger partial charge in [0.25, 0.3) is 0 Å². The van der Waals surface area contributed by atoms with Gasteiger partial charge in [-0.15, -0.1) is 0 Å². The minimum absolute atomic E-state index is 0.222. The maximum Gasteiger partial charge on any atom is 0.325 e. The number of amides is 1. The molecule has 0 atom stereocenters. The highest BCUT2D eigenvalue weighted by molar-refractivity contribution is 5.94. The zero-order valence-corrected chi connectivity index (χ0v) is 8.15. The fourth-order valence-electron chi connectivity index (χ4n) is 0.753. The smallest absolute Gasteiger partial charge is 0.325 e. The third kappa shape index (κ3) is 5.13. The number of ether oxygens (including phenoxy) is 1. The van der Waals surface area contributed by atoms with E-state index in [0.717, 1.165) is 4.90 Å². The molecule has 1 N–H and O–H groups in total. The molecule has 0 aromatic carbocycles. The van der Waals surface area contributed by atoms with Crippen LogP contribution in [0.3, 0.4) is 0 Å². The SMILES string of the molecule is CCOC(=O)CN(C)C(=O)CC(=O)O. The lowest BCUT2D eigenvalue weighted by Gasteiger charge is -2.14. The Morgan fingerprint density at radius 3 is 2.36 bits per heavy atom. The van der Waals surface area contributed by atoms with Gasteiger partial charge < -0.3 is 14.7 Å². The van der Waals surface area contributed by atoms with E-state index in [2.05, 4.69) is 4.74 Å². The summed E-state index contributed by atoms with van der Waals surface area (Å²) in [6.45, 7) is 1.66. The van der Waals surface area contributed by atoms with E-state index in [4.69, 9.17) is 5.11 Å². The third-order valence-corrected chi connectivity index (χ3v) is 1.40. The molecule has 0 spiro atoms. The summed E-state index contributed by atoms with van der Waals surface area (Å²) < 4.78 is 4.59. The summed E-state index contributed by atoms with van der Waals surface area (Å²) in [5.74, 6) is -2.38. The molecule has 6 heteroatoms. The Morgan fingerprint density at radius 1 is 1.36 bits per heavy atom. The normalized spacial score (nSPS) is 9.29. The number of aliphatic carboxylic acids is 1. The van der Waals surface area contributed by atoms with Gasteiger partial charge in [0.1, 0.15) is 13.0 Å². The van der Waals surface area contributed by atoms with Crippen LogP contribution in [0.15, 0.2) is 0 Å². The van der Waals surface area contributed by atoms with Gasteiger partial charge in [0, 0.05) is 7.05 Å². The minimum atomic E-state index is -1.22. The lowest BCUT2D eigenvalue weighted by Crippen LogP contribution is -2.34. The Bertz CT molecular complexity index is 238. The van der Waals surface area contributed by atoms with Crippen LogP contribution in [0.4, 0.5) is 0 Å². The summed E-state index contributed by atoms with van der Waals surface area (Å²) in [5, 5.41) is 8.31. The van der Waals surface area contributed by atoms with Gasteiger partial charge in [0.05, 0.1) is 6.61 Å². The number of nitrogens with zero attached hydrogens (tertiary/aromatic N) is 1. The molecule has 0 rings (SSSR count). The Balaban J connectivity index is 3.94. The highest BCUT2D eigenvalue weighted by Crippen LogP contribution is 1.92. The van der Waals surface area contributed by atoms with Gasteiger partial charge in [-0.3, -0.25) is 14.4 Å². The van der Waals surface area contributed by atoms with Crippen LogP contribution < -0.4 is 0 Å². The van der Waals surface area contributed by atoms with Gasteiger partial charge >= 0.3 is 11.9 Å². The fraction of sp³-hybridized carbons (Fsp3) is 0.625. The van der Waals surface area contributed by atoms with Crippen molar-refractivity contribution in [3.8, 4) is 0 Å². The molecule has 0 saturated carbocycles. The van der Waals surface area contributed by atoms with Crippen molar-refractivity contribution in [3.05, 3.63) is 0 Å². The number of carboxylic acid groups (broad SMARTS) is 1. The molecule has 0 unspecified atom stereocenters. The summed E-state index contributed by atoms with van der Waals surface area (Å²) >= 11 is 0. The standard InChI is InChI=1S/C8H13NO5/c1-3-14-8(13)5-9(2)6(10)4-7(11)12/h3-5H2,1-2H3,(H,11,12). The molecule has 0 fully saturated rings. The first-order valence-electron chi connectivity index (χ1n) is 4.08. The van der Waals surface area contributed by atoms with Crippen molar-refractivity contribution in [2.75, 3.05) is 20.2 Å². The van der Waals surface area contributed by atoms with Crippen LogP contribution in [-0.4, -0.2) is 48.1 Å². The van der Waals surface area contributed by atoms with E-state index < -0.39 is 24.3 Å². The number of likely N-dealkylation sites (N-methyl/N-ethyl adjacent to an activating group) is 1. The Morgan fingerprint density at radius 2 is 1.93 bits per heavy atom. The highest BCUT2D eigenvalue weighted by Gasteiger charge is 2.15. The summed E-state index contributed by atoms with van der Waals surface area (Å²) in [4.78, 5) is 33.1. The molecule has 80 valence electrons. The average molecular weight is 203 g/mol. The molecule has 0 aliphatic carbocycles. The van der Waals surface area contributed by atoms with E-state index >= 15 is 0 Å². The summed E-state index contributed by atoms with van der Waals surface area (Å²) in [5.41, 5.74) is 0. The molecule has 1 amide bonds. The van der Waals surface area contributed by atoms with E-state index in [9.17, 15) is 14.4 Å². The lowest BCUT2D eigenvalue weighted by atomic mass is 10.4. The second-order valence-electron chi connectivity index (χ2n) is 2.63. The summed E-state index contributed by atoms with van der Waals surface area (Å²) in [7, 11) is 1.35. The van der Waals surface area contributed by atoms with Crippen molar-refractivity contribution in [1.29, 1.82) is 0 Å². The predicted molar refractivity (Wildman–Crippen MR) is 46.5 cm³/mol. The first-order chi connectivity index (χ1) is 6.47. The van der Waals surface area contributed by atoms with E-state index in [1.54, 1.807) is 6.92 Å². The Hall–Kier alpha value is -1.59. The Labute approximate surface area is 81.4 Å². The van der Waals surface area contributed by atoms with Crippen LogP contribution in [0.1, 0.15) is 13.3 Å². The average Bonchev–Trinajstić information content (AvgIpc) is 2.02. The first-order valence-corrected chi connectivity index (χ1v) is 4.08. The topological polar surface area (TPSA) is 83.9 Å². The second kappa shape index (κ2) is 5.95. The largest absolute Gasteiger partial charge is 0.481 e. The third-order valence-electron chi connectivity index (χ3n) is 1.40. The maximum absolute atomic E-state index is 11.0. The van der Waals surface area contributed by atoms with E-state index in [1.165, 1.54) is 7.05 Å². The summed E-state index contributed by atoms with van der Waals surface area (Å²) in [6.07, 6.45) is -0.615. The zero-order chi connectivity index (χ0) is 11.1. The van der Waals surface area contributed by atoms with Crippen LogP contribution in [0.2, 0.25) is 0 Å². The quantitative estimate of drug-likeness (QED) is 0.480. The number of carbonyl (C=O) groups is 3. The van der Waals surface area contributed by atoms with Crippen LogP contribution >= 0.6 is 0 Å². The molecule has 0 heterocycles. The molecule has 0 aliphatic rings. The molecule has 14 heavy (non-hydrogen) atoms. The van der Waals surface area contributed by atoms with Gasteiger partial charge in [-0.05, 0) is 6.92 Å². The van der Waals surface area contributed by atoms with E-state index in [-0.39, 0.29) is 13.2 Å². The monoisotopic (exact) mass is 203 g/mol. The molecule has 0 aliphatic heterocycles. The van der Waals surface area contributed by atoms with Gasteiger partial charge in [0.15, 0.2) is 0 Å².